The molecule has 0 aliphatic carbocycles. The van der Waals surface area contributed by atoms with Gasteiger partial charge in [0.1, 0.15) is 6.04 Å². The number of hydrogen-bond donors (Lipinski definition) is 1. The van der Waals surface area contributed by atoms with Gasteiger partial charge in [0.05, 0.1) is 17.8 Å². The second kappa shape index (κ2) is 9.77. The molecule has 0 radical (unpaired) electrons. The van der Waals surface area contributed by atoms with E-state index in [0.29, 0.717) is 23.9 Å². The first-order valence-electron chi connectivity index (χ1n) is 11.3. The van der Waals surface area contributed by atoms with Gasteiger partial charge in [-0.1, -0.05) is 42.5 Å². The minimum absolute atomic E-state index is 0.0677. The zero-order valence-electron chi connectivity index (χ0n) is 19.9. The molecule has 7 nitrogen and oxygen atoms in total. The van der Waals surface area contributed by atoms with Crippen LogP contribution < -0.4 is 10.2 Å². The van der Waals surface area contributed by atoms with Crippen molar-refractivity contribution in [1.82, 2.24) is 20.0 Å². The average Bonchev–Trinajstić information content (AvgIpc) is 3.24. The largest absolute Gasteiger partial charge is 0.358 e. The third-order valence-corrected chi connectivity index (χ3v) is 6.67. The first kappa shape index (κ1) is 23.6. The Labute approximate surface area is 205 Å². The van der Waals surface area contributed by atoms with Crippen LogP contribution in [0.4, 0.5) is 5.69 Å². The van der Waals surface area contributed by atoms with Gasteiger partial charge in [-0.15, -0.1) is 0 Å². The fourth-order valence-corrected chi connectivity index (χ4v) is 4.58. The van der Waals surface area contributed by atoms with Gasteiger partial charge in [0.25, 0.3) is 5.91 Å². The predicted octanol–water partition coefficient (Wildman–Crippen LogP) is 3.55. The molecule has 1 aliphatic heterocycles. The van der Waals surface area contributed by atoms with Crippen LogP contribution in [0.25, 0.3) is 0 Å². The molecule has 2 aromatic carbocycles. The third-order valence-electron chi connectivity index (χ3n) is 6.29. The number of rotatable bonds is 6. The Morgan fingerprint density at radius 1 is 1.12 bits per heavy atom. The van der Waals surface area contributed by atoms with Crippen molar-refractivity contribution in [3.8, 4) is 0 Å². The molecule has 3 aromatic rings. The number of nitrogens with zero attached hydrogens (tertiary/aromatic N) is 4. The summed E-state index contributed by atoms with van der Waals surface area (Å²) in [5.41, 5.74) is 5.53. The molecule has 1 fully saturated rings. The number of hydrogen-bond acceptors (Lipinski definition) is 4. The topological polar surface area (TPSA) is 70.5 Å². The van der Waals surface area contributed by atoms with Crippen LogP contribution in [0.5, 0.6) is 0 Å². The first-order chi connectivity index (χ1) is 16.3. The van der Waals surface area contributed by atoms with Gasteiger partial charge in [0.2, 0.25) is 5.91 Å². The highest BCUT2D eigenvalue weighted by Gasteiger charge is 2.44. The number of aryl methyl sites for hydroxylation is 3. The van der Waals surface area contributed by atoms with Crippen molar-refractivity contribution in [2.75, 3.05) is 4.90 Å². The maximum Gasteiger partial charge on any atom is 0.257 e. The average molecular weight is 476 g/mol. The van der Waals surface area contributed by atoms with Crippen molar-refractivity contribution in [1.29, 1.82) is 0 Å². The Morgan fingerprint density at radius 2 is 1.85 bits per heavy atom. The number of anilines is 1. The van der Waals surface area contributed by atoms with Gasteiger partial charge in [0, 0.05) is 31.4 Å². The Kier molecular flexibility index (Phi) is 6.79. The van der Waals surface area contributed by atoms with Crippen LogP contribution in [0.2, 0.25) is 0 Å². The van der Waals surface area contributed by atoms with Crippen LogP contribution in [0.15, 0.2) is 54.6 Å². The molecule has 0 saturated carbocycles. The lowest BCUT2D eigenvalue weighted by atomic mass is 10.1. The van der Waals surface area contributed by atoms with Crippen LogP contribution in [-0.4, -0.2) is 37.6 Å². The number of benzene rings is 2. The molecule has 1 aliphatic rings. The molecule has 1 saturated heterocycles. The number of nitrogens with one attached hydrogen (secondary N) is 1. The molecular weight excluding hydrogens is 446 g/mol. The minimum atomic E-state index is -0.692. The van der Waals surface area contributed by atoms with Gasteiger partial charge in [-0.05, 0) is 56.2 Å². The highest BCUT2D eigenvalue weighted by molar-refractivity contribution is 7.80. The lowest BCUT2D eigenvalue weighted by Gasteiger charge is -2.30. The zero-order valence-corrected chi connectivity index (χ0v) is 20.7. The van der Waals surface area contributed by atoms with Crippen molar-refractivity contribution in [3.05, 3.63) is 82.7 Å². The van der Waals surface area contributed by atoms with Crippen molar-refractivity contribution in [2.45, 2.75) is 46.3 Å². The van der Waals surface area contributed by atoms with E-state index in [1.54, 1.807) is 6.07 Å². The number of amides is 2. The monoisotopic (exact) mass is 475 g/mol. The van der Waals surface area contributed by atoms with Crippen LogP contribution >= 0.6 is 12.2 Å². The number of aromatic nitrogens is 2. The van der Waals surface area contributed by atoms with Crippen molar-refractivity contribution >= 4 is 34.8 Å². The Balaban J connectivity index is 1.63. The van der Waals surface area contributed by atoms with E-state index in [1.807, 2.05) is 85.9 Å². The first-order valence-corrected chi connectivity index (χ1v) is 11.7. The molecule has 0 bridgehead atoms. The van der Waals surface area contributed by atoms with E-state index < -0.39 is 6.04 Å². The van der Waals surface area contributed by atoms with Crippen molar-refractivity contribution < 1.29 is 9.59 Å². The maximum atomic E-state index is 13.6. The van der Waals surface area contributed by atoms with Gasteiger partial charge in [-0.3, -0.25) is 14.3 Å². The maximum absolute atomic E-state index is 13.6. The van der Waals surface area contributed by atoms with Gasteiger partial charge < -0.3 is 10.2 Å². The van der Waals surface area contributed by atoms with Crippen LogP contribution in [0, 0.1) is 20.8 Å². The summed E-state index contributed by atoms with van der Waals surface area (Å²) in [4.78, 5) is 29.7. The molecule has 34 heavy (non-hydrogen) atoms. The SMILES string of the molecule is Cc1cccc(N2C(=O)CC(N(Cc3c(C)nn(C)c3C)C(=S)NCc3ccccc3)C2=O)c1. The fraction of sp³-hybridized carbons (Fsp3) is 0.308. The van der Waals surface area contributed by atoms with Crippen LogP contribution in [0.3, 0.4) is 0 Å². The van der Waals surface area contributed by atoms with E-state index in [2.05, 4.69) is 10.4 Å². The summed E-state index contributed by atoms with van der Waals surface area (Å²) < 4.78 is 1.82. The normalized spacial score (nSPS) is 15.6. The van der Waals surface area contributed by atoms with Crippen LogP contribution in [0.1, 0.15) is 34.5 Å². The zero-order chi connectivity index (χ0) is 24.4. The molecule has 4 rings (SSSR count). The van der Waals surface area contributed by atoms with Gasteiger partial charge in [-0.25, -0.2) is 4.90 Å². The minimum Gasteiger partial charge on any atom is -0.358 e. The second-order valence-corrected chi connectivity index (χ2v) is 9.06. The summed E-state index contributed by atoms with van der Waals surface area (Å²) in [5, 5.41) is 8.24. The van der Waals surface area contributed by atoms with E-state index in [-0.39, 0.29) is 18.2 Å². The van der Waals surface area contributed by atoms with E-state index in [1.165, 1.54) is 4.90 Å². The lowest BCUT2D eigenvalue weighted by molar-refractivity contribution is -0.122. The van der Waals surface area contributed by atoms with E-state index in [0.717, 1.165) is 28.1 Å². The van der Waals surface area contributed by atoms with E-state index in [4.69, 9.17) is 12.2 Å². The smallest absolute Gasteiger partial charge is 0.257 e. The summed E-state index contributed by atoms with van der Waals surface area (Å²) >= 11 is 5.78. The molecule has 2 heterocycles. The van der Waals surface area contributed by atoms with Crippen LogP contribution in [-0.2, 0) is 29.7 Å². The Hall–Kier alpha value is -3.52. The quantitative estimate of drug-likeness (QED) is 0.434. The second-order valence-electron chi connectivity index (χ2n) is 8.67. The molecule has 176 valence electrons. The molecule has 8 heteroatoms. The lowest BCUT2D eigenvalue weighted by Crippen LogP contribution is -2.49. The highest BCUT2D eigenvalue weighted by atomic mass is 32.1. The van der Waals surface area contributed by atoms with Crippen molar-refractivity contribution in [2.24, 2.45) is 7.05 Å². The number of imide groups is 1. The highest BCUT2D eigenvalue weighted by Crippen LogP contribution is 2.28. The molecule has 1 aromatic heterocycles. The Bertz CT molecular complexity index is 1240. The number of thiocarbonyl (C=S) groups is 1. The molecule has 0 spiro atoms. The molecule has 1 unspecified atom stereocenters. The summed E-state index contributed by atoms with van der Waals surface area (Å²) in [6.07, 6.45) is 0.0677. The van der Waals surface area contributed by atoms with E-state index >= 15 is 0 Å². The number of carbonyl (C=O) groups excluding carboxylic acids is 2. The van der Waals surface area contributed by atoms with Gasteiger partial charge in [0.15, 0.2) is 5.11 Å². The summed E-state index contributed by atoms with van der Waals surface area (Å²) in [6.45, 7) is 6.79. The Morgan fingerprint density at radius 3 is 2.50 bits per heavy atom. The summed E-state index contributed by atoms with van der Waals surface area (Å²) in [6, 6.07) is 16.7. The van der Waals surface area contributed by atoms with Crippen molar-refractivity contribution in [3.63, 3.8) is 0 Å². The van der Waals surface area contributed by atoms with Gasteiger partial charge >= 0.3 is 0 Å². The summed E-state index contributed by atoms with van der Waals surface area (Å²) in [7, 11) is 1.89. The van der Waals surface area contributed by atoms with E-state index in [9.17, 15) is 9.59 Å². The number of carbonyl (C=O) groups is 2. The molecule has 1 atom stereocenters. The molecular formula is C26H29N5O2S. The third kappa shape index (κ3) is 4.72. The standard InChI is InChI=1S/C26H29N5O2S/c1-17-9-8-12-21(13-17)31-24(32)14-23(25(31)33)30(16-22-18(2)28-29(4)19(22)3)26(34)27-15-20-10-6-5-7-11-20/h5-13,23H,14-16H2,1-4H3,(H,27,34). The van der Waals surface area contributed by atoms with Gasteiger partial charge in [-0.2, -0.15) is 5.10 Å². The molecule has 1 N–H and O–H groups in total. The fourth-order valence-electron chi connectivity index (χ4n) is 4.31. The molecule has 2 amide bonds. The predicted molar refractivity (Wildman–Crippen MR) is 136 cm³/mol. The summed E-state index contributed by atoms with van der Waals surface area (Å²) in [5.74, 6) is -0.491.